The molecule has 0 aliphatic carbocycles. The fourth-order valence-corrected chi connectivity index (χ4v) is 1.29. The fourth-order valence-electron chi connectivity index (χ4n) is 1.29. The van der Waals surface area contributed by atoms with Gasteiger partial charge in [-0.25, -0.2) is 0 Å². The molecular formula is C7H13N3O2. The molecule has 0 aromatic heterocycles. The number of carbonyl (C=O) groups is 2. The number of amides is 2. The number of hydrogen-bond donors (Lipinski definition) is 3. The molecule has 1 heterocycles. The van der Waals surface area contributed by atoms with Gasteiger partial charge in [0.15, 0.2) is 0 Å². The van der Waals surface area contributed by atoms with Crippen LogP contribution in [-0.2, 0) is 9.59 Å². The number of carbonyl (C=O) groups excluding carboxylic acids is 2. The Morgan fingerprint density at radius 2 is 2.42 bits per heavy atom. The highest BCUT2D eigenvalue weighted by Crippen LogP contribution is 2.14. The molecule has 0 saturated carbocycles. The first-order valence-corrected chi connectivity index (χ1v) is 3.94. The minimum atomic E-state index is -0.696. The van der Waals surface area contributed by atoms with E-state index in [0.717, 1.165) is 6.42 Å². The lowest BCUT2D eigenvalue weighted by Gasteiger charge is -2.10. The molecule has 12 heavy (non-hydrogen) atoms. The minimum absolute atomic E-state index is 0.0216. The number of nitrogens with one attached hydrogen (secondary N) is 1. The van der Waals surface area contributed by atoms with Crippen LogP contribution < -0.4 is 16.8 Å². The number of hydrogen-bond acceptors (Lipinski definition) is 3. The molecule has 2 atom stereocenters. The lowest BCUT2D eigenvalue weighted by atomic mass is 9.99. The van der Waals surface area contributed by atoms with E-state index in [9.17, 15) is 9.59 Å². The quantitative estimate of drug-likeness (QED) is 0.473. The zero-order chi connectivity index (χ0) is 9.14. The molecule has 1 unspecified atom stereocenters. The first-order valence-electron chi connectivity index (χ1n) is 3.94. The van der Waals surface area contributed by atoms with E-state index < -0.39 is 11.9 Å². The molecule has 5 N–H and O–H groups in total. The summed E-state index contributed by atoms with van der Waals surface area (Å²) in [6, 6.07) is -0.696. The SMILES string of the molecule is NC(=O)[C@@H](N)CC1CCNC1=O. The summed E-state index contributed by atoms with van der Waals surface area (Å²) in [5, 5.41) is 2.67. The van der Waals surface area contributed by atoms with Gasteiger partial charge in [0.05, 0.1) is 6.04 Å². The topological polar surface area (TPSA) is 98.2 Å². The van der Waals surface area contributed by atoms with Crippen molar-refractivity contribution in [2.45, 2.75) is 18.9 Å². The summed E-state index contributed by atoms with van der Waals surface area (Å²) in [5.74, 6) is -0.700. The number of rotatable bonds is 3. The van der Waals surface area contributed by atoms with Crippen molar-refractivity contribution < 1.29 is 9.59 Å². The molecule has 0 aromatic carbocycles. The van der Waals surface area contributed by atoms with Crippen LogP contribution in [-0.4, -0.2) is 24.4 Å². The monoisotopic (exact) mass is 171 g/mol. The second-order valence-corrected chi connectivity index (χ2v) is 3.02. The minimum Gasteiger partial charge on any atom is -0.368 e. The highest BCUT2D eigenvalue weighted by molar-refractivity contribution is 5.83. The smallest absolute Gasteiger partial charge is 0.234 e. The Morgan fingerprint density at radius 3 is 2.83 bits per heavy atom. The van der Waals surface area contributed by atoms with Gasteiger partial charge in [0.1, 0.15) is 0 Å². The summed E-state index contributed by atoms with van der Waals surface area (Å²) < 4.78 is 0. The summed E-state index contributed by atoms with van der Waals surface area (Å²) in [5.41, 5.74) is 10.4. The van der Waals surface area contributed by atoms with E-state index in [1.807, 2.05) is 0 Å². The van der Waals surface area contributed by atoms with Crippen LogP contribution in [0, 0.1) is 5.92 Å². The van der Waals surface area contributed by atoms with Crippen molar-refractivity contribution >= 4 is 11.8 Å². The Balaban J connectivity index is 2.40. The normalized spacial score (nSPS) is 25.1. The zero-order valence-electron chi connectivity index (χ0n) is 6.75. The van der Waals surface area contributed by atoms with Gasteiger partial charge in [0, 0.05) is 12.5 Å². The average molecular weight is 171 g/mol. The predicted octanol–water partition coefficient (Wildman–Crippen LogP) is -1.67. The third-order valence-electron chi connectivity index (χ3n) is 2.07. The van der Waals surface area contributed by atoms with Gasteiger partial charge in [0.25, 0.3) is 0 Å². The third-order valence-corrected chi connectivity index (χ3v) is 2.07. The molecular weight excluding hydrogens is 158 g/mol. The van der Waals surface area contributed by atoms with Crippen LogP contribution in [0.15, 0.2) is 0 Å². The van der Waals surface area contributed by atoms with Crippen LogP contribution in [0.1, 0.15) is 12.8 Å². The lowest BCUT2D eigenvalue weighted by Crippen LogP contribution is -2.39. The summed E-state index contributed by atoms with van der Waals surface area (Å²) in [7, 11) is 0. The largest absolute Gasteiger partial charge is 0.368 e. The zero-order valence-corrected chi connectivity index (χ0v) is 6.75. The Kier molecular flexibility index (Phi) is 2.65. The highest BCUT2D eigenvalue weighted by Gasteiger charge is 2.27. The second kappa shape index (κ2) is 3.53. The van der Waals surface area contributed by atoms with Gasteiger partial charge in [0.2, 0.25) is 11.8 Å². The molecule has 0 radical (unpaired) electrons. The van der Waals surface area contributed by atoms with Crippen molar-refractivity contribution in [3.8, 4) is 0 Å². The van der Waals surface area contributed by atoms with Gasteiger partial charge in [-0.05, 0) is 12.8 Å². The van der Waals surface area contributed by atoms with Crippen LogP contribution in [0.4, 0.5) is 0 Å². The van der Waals surface area contributed by atoms with Gasteiger partial charge in [-0.2, -0.15) is 0 Å². The molecule has 5 heteroatoms. The van der Waals surface area contributed by atoms with E-state index in [2.05, 4.69) is 5.32 Å². The lowest BCUT2D eigenvalue weighted by molar-refractivity contribution is -0.123. The van der Waals surface area contributed by atoms with Gasteiger partial charge < -0.3 is 16.8 Å². The molecule has 1 fully saturated rings. The summed E-state index contributed by atoms with van der Waals surface area (Å²) in [4.78, 5) is 21.6. The predicted molar refractivity (Wildman–Crippen MR) is 42.9 cm³/mol. The Labute approximate surface area is 70.5 Å². The van der Waals surface area contributed by atoms with Gasteiger partial charge in [-0.3, -0.25) is 9.59 Å². The Morgan fingerprint density at radius 1 is 1.75 bits per heavy atom. The molecule has 0 bridgehead atoms. The molecule has 1 rings (SSSR count). The van der Waals surface area contributed by atoms with Crippen LogP contribution in [0.5, 0.6) is 0 Å². The van der Waals surface area contributed by atoms with Gasteiger partial charge in [-0.1, -0.05) is 0 Å². The standard InChI is InChI=1S/C7H13N3O2/c8-5(6(9)11)3-4-1-2-10-7(4)12/h4-5H,1-3,8H2,(H2,9,11)(H,10,12)/t4?,5-/m0/s1. The van der Waals surface area contributed by atoms with E-state index in [1.54, 1.807) is 0 Å². The van der Waals surface area contributed by atoms with Crippen molar-refractivity contribution in [3.63, 3.8) is 0 Å². The first kappa shape index (κ1) is 8.99. The molecule has 68 valence electrons. The molecule has 2 amide bonds. The molecule has 1 saturated heterocycles. The van der Waals surface area contributed by atoms with Crippen molar-refractivity contribution in [1.82, 2.24) is 5.32 Å². The third kappa shape index (κ3) is 1.94. The average Bonchev–Trinajstić information content (AvgIpc) is 2.36. The summed E-state index contributed by atoms with van der Waals surface area (Å²) in [6.45, 7) is 0.676. The van der Waals surface area contributed by atoms with Crippen LogP contribution in [0.3, 0.4) is 0 Å². The van der Waals surface area contributed by atoms with Crippen molar-refractivity contribution in [2.75, 3.05) is 6.54 Å². The molecule has 0 spiro atoms. The van der Waals surface area contributed by atoms with E-state index in [0.29, 0.717) is 13.0 Å². The van der Waals surface area contributed by atoms with Crippen molar-refractivity contribution in [3.05, 3.63) is 0 Å². The van der Waals surface area contributed by atoms with E-state index in [1.165, 1.54) is 0 Å². The molecule has 1 aliphatic heterocycles. The van der Waals surface area contributed by atoms with Gasteiger partial charge >= 0.3 is 0 Å². The number of nitrogens with two attached hydrogens (primary N) is 2. The molecule has 1 aliphatic rings. The van der Waals surface area contributed by atoms with Crippen LogP contribution in [0.2, 0.25) is 0 Å². The molecule has 0 aromatic rings. The van der Waals surface area contributed by atoms with E-state index >= 15 is 0 Å². The van der Waals surface area contributed by atoms with Crippen LogP contribution in [0.25, 0.3) is 0 Å². The van der Waals surface area contributed by atoms with Crippen molar-refractivity contribution in [1.29, 1.82) is 0 Å². The highest BCUT2D eigenvalue weighted by atomic mass is 16.2. The summed E-state index contributed by atoms with van der Waals surface area (Å²) in [6.07, 6.45) is 1.11. The van der Waals surface area contributed by atoms with Crippen LogP contribution >= 0.6 is 0 Å². The Bertz CT molecular complexity index is 205. The summed E-state index contributed by atoms with van der Waals surface area (Å²) >= 11 is 0. The van der Waals surface area contributed by atoms with E-state index in [4.69, 9.17) is 11.5 Å². The van der Waals surface area contributed by atoms with Crippen molar-refractivity contribution in [2.24, 2.45) is 17.4 Å². The molecule has 5 nitrogen and oxygen atoms in total. The Hall–Kier alpha value is -1.10. The van der Waals surface area contributed by atoms with Gasteiger partial charge in [-0.15, -0.1) is 0 Å². The first-order chi connectivity index (χ1) is 5.61. The fraction of sp³-hybridized carbons (Fsp3) is 0.714. The van der Waals surface area contributed by atoms with E-state index in [-0.39, 0.29) is 11.8 Å². The second-order valence-electron chi connectivity index (χ2n) is 3.02. The maximum absolute atomic E-state index is 11.0. The number of primary amides is 1. The maximum atomic E-state index is 11.0. The maximum Gasteiger partial charge on any atom is 0.234 e.